The number of aromatic nitrogens is 2. The third kappa shape index (κ3) is 2.74. The quantitative estimate of drug-likeness (QED) is 0.874. The van der Waals surface area contributed by atoms with Gasteiger partial charge in [0.25, 0.3) is 0 Å². The Morgan fingerprint density at radius 2 is 2.28 bits per heavy atom. The van der Waals surface area contributed by atoms with Crippen LogP contribution in [-0.4, -0.2) is 29.1 Å². The van der Waals surface area contributed by atoms with E-state index < -0.39 is 0 Å². The molecule has 0 amide bonds. The number of aryl methyl sites for hydroxylation is 2. The van der Waals surface area contributed by atoms with Crippen LogP contribution in [0.3, 0.4) is 0 Å². The van der Waals surface area contributed by atoms with Crippen LogP contribution in [0.5, 0.6) is 0 Å². The van der Waals surface area contributed by atoms with Crippen molar-refractivity contribution in [2.24, 2.45) is 0 Å². The summed E-state index contributed by atoms with van der Waals surface area (Å²) < 4.78 is 7.34. The SMILES string of the molecule is COCCC(C)NCc1c(C)nc2scc(C)n12. The molecule has 2 aromatic heterocycles. The lowest BCUT2D eigenvalue weighted by atomic mass is 10.2. The summed E-state index contributed by atoms with van der Waals surface area (Å²) in [5.41, 5.74) is 3.65. The largest absolute Gasteiger partial charge is 0.385 e. The standard InChI is InChI=1S/C13H21N3OS/c1-9(5-6-17-4)14-7-12-11(3)15-13-16(12)10(2)8-18-13/h8-9,14H,5-7H2,1-4H3. The Labute approximate surface area is 112 Å². The molecule has 0 aliphatic heterocycles. The first-order valence-electron chi connectivity index (χ1n) is 6.27. The zero-order valence-electron chi connectivity index (χ0n) is 11.5. The van der Waals surface area contributed by atoms with E-state index >= 15 is 0 Å². The Morgan fingerprint density at radius 3 is 3.00 bits per heavy atom. The molecule has 0 bridgehead atoms. The highest BCUT2D eigenvalue weighted by molar-refractivity contribution is 7.15. The molecule has 0 spiro atoms. The van der Waals surface area contributed by atoms with Crippen LogP contribution in [0, 0.1) is 13.8 Å². The first kappa shape index (κ1) is 13.5. The number of nitrogens with one attached hydrogen (secondary N) is 1. The normalized spacial score (nSPS) is 13.3. The summed E-state index contributed by atoms with van der Waals surface area (Å²) >= 11 is 1.70. The molecule has 2 rings (SSSR count). The molecule has 100 valence electrons. The van der Waals surface area contributed by atoms with Crippen molar-refractivity contribution in [3.63, 3.8) is 0 Å². The van der Waals surface area contributed by atoms with Gasteiger partial charge in [-0.2, -0.15) is 0 Å². The summed E-state index contributed by atoms with van der Waals surface area (Å²) in [7, 11) is 1.74. The van der Waals surface area contributed by atoms with Crippen molar-refractivity contribution in [2.75, 3.05) is 13.7 Å². The third-order valence-corrected chi connectivity index (χ3v) is 4.15. The Kier molecular flexibility index (Phi) is 4.37. The van der Waals surface area contributed by atoms with Gasteiger partial charge in [0.05, 0.1) is 11.4 Å². The number of hydrogen-bond acceptors (Lipinski definition) is 4. The van der Waals surface area contributed by atoms with E-state index in [0.29, 0.717) is 6.04 Å². The lowest BCUT2D eigenvalue weighted by Gasteiger charge is -2.13. The van der Waals surface area contributed by atoms with E-state index in [1.165, 1.54) is 11.4 Å². The summed E-state index contributed by atoms with van der Waals surface area (Å²) in [4.78, 5) is 5.68. The second-order valence-electron chi connectivity index (χ2n) is 4.70. The second kappa shape index (κ2) is 5.82. The van der Waals surface area contributed by atoms with Crippen LogP contribution in [0.1, 0.15) is 30.4 Å². The summed E-state index contributed by atoms with van der Waals surface area (Å²) in [6, 6.07) is 0.453. The van der Waals surface area contributed by atoms with Gasteiger partial charge < -0.3 is 10.1 Å². The maximum absolute atomic E-state index is 5.09. The zero-order chi connectivity index (χ0) is 13.1. The maximum Gasteiger partial charge on any atom is 0.194 e. The second-order valence-corrected chi connectivity index (χ2v) is 5.54. The first-order chi connectivity index (χ1) is 8.63. The molecule has 1 atom stereocenters. The third-order valence-electron chi connectivity index (χ3n) is 3.20. The average molecular weight is 267 g/mol. The van der Waals surface area contributed by atoms with Crippen LogP contribution in [0.25, 0.3) is 4.96 Å². The van der Waals surface area contributed by atoms with E-state index in [1.807, 2.05) is 0 Å². The number of methoxy groups -OCH3 is 1. The van der Waals surface area contributed by atoms with Crippen LogP contribution >= 0.6 is 11.3 Å². The monoisotopic (exact) mass is 267 g/mol. The van der Waals surface area contributed by atoms with Gasteiger partial charge in [-0.3, -0.25) is 4.40 Å². The highest BCUT2D eigenvalue weighted by Gasteiger charge is 2.12. The molecular weight excluding hydrogens is 246 g/mol. The van der Waals surface area contributed by atoms with Crippen molar-refractivity contribution in [2.45, 2.75) is 39.8 Å². The summed E-state index contributed by atoms with van der Waals surface area (Å²) in [5, 5.41) is 5.69. The summed E-state index contributed by atoms with van der Waals surface area (Å²) in [6.07, 6.45) is 1.03. The Balaban J connectivity index is 2.06. The highest BCUT2D eigenvalue weighted by atomic mass is 32.1. The van der Waals surface area contributed by atoms with Crippen LogP contribution in [0.15, 0.2) is 5.38 Å². The smallest absolute Gasteiger partial charge is 0.194 e. The molecule has 0 aliphatic rings. The lowest BCUT2D eigenvalue weighted by molar-refractivity contribution is 0.184. The Bertz CT molecular complexity index is 518. The Morgan fingerprint density at radius 1 is 1.50 bits per heavy atom. The number of nitrogens with zero attached hydrogens (tertiary/aromatic N) is 2. The molecule has 5 heteroatoms. The fraction of sp³-hybridized carbons (Fsp3) is 0.615. The molecule has 2 aromatic rings. The minimum absolute atomic E-state index is 0.453. The minimum atomic E-state index is 0.453. The van der Waals surface area contributed by atoms with Gasteiger partial charge >= 0.3 is 0 Å². The predicted octanol–water partition coefficient (Wildman–Crippen LogP) is 2.53. The number of imidazole rings is 1. The van der Waals surface area contributed by atoms with Crippen molar-refractivity contribution >= 4 is 16.3 Å². The molecule has 0 saturated carbocycles. The van der Waals surface area contributed by atoms with Gasteiger partial charge in [-0.25, -0.2) is 4.98 Å². The van der Waals surface area contributed by atoms with E-state index in [2.05, 4.69) is 40.9 Å². The van der Waals surface area contributed by atoms with E-state index in [1.54, 1.807) is 18.4 Å². The van der Waals surface area contributed by atoms with Crippen molar-refractivity contribution < 1.29 is 4.74 Å². The topological polar surface area (TPSA) is 38.6 Å². The Hall–Kier alpha value is -0.910. The number of rotatable bonds is 6. The van der Waals surface area contributed by atoms with E-state index in [4.69, 9.17) is 4.74 Å². The number of fused-ring (bicyclic) bond motifs is 1. The van der Waals surface area contributed by atoms with Crippen molar-refractivity contribution in [3.8, 4) is 0 Å². The van der Waals surface area contributed by atoms with Gasteiger partial charge in [-0.1, -0.05) is 0 Å². The molecular formula is C13H21N3OS. The minimum Gasteiger partial charge on any atom is -0.385 e. The molecule has 0 radical (unpaired) electrons. The van der Waals surface area contributed by atoms with Gasteiger partial charge in [-0.05, 0) is 27.2 Å². The van der Waals surface area contributed by atoms with Gasteiger partial charge in [0.1, 0.15) is 0 Å². The van der Waals surface area contributed by atoms with Gasteiger partial charge in [0.15, 0.2) is 4.96 Å². The molecule has 2 heterocycles. The summed E-state index contributed by atoms with van der Waals surface area (Å²) in [6.45, 7) is 8.05. The molecule has 18 heavy (non-hydrogen) atoms. The molecule has 1 N–H and O–H groups in total. The van der Waals surface area contributed by atoms with Crippen LogP contribution in [-0.2, 0) is 11.3 Å². The zero-order valence-corrected chi connectivity index (χ0v) is 12.3. The van der Waals surface area contributed by atoms with Crippen molar-refractivity contribution in [3.05, 3.63) is 22.5 Å². The van der Waals surface area contributed by atoms with Gasteiger partial charge in [-0.15, -0.1) is 11.3 Å². The number of ether oxygens (including phenoxy) is 1. The predicted molar refractivity (Wildman–Crippen MR) is 75.3 cm³/mol. The number of thiazole rings is 1. The molecule has 0 saturated heterocycles. The lowest BCUT2D eigenvalue weighted by Crippen LogP contribution is -2.27. The molecule has 0 aliphatic carbocycles. The molecule has 0 fully saturated rings. The van der Waals surface area contributed by atoms with Gasteiger partial charge in [0.2, 0.25) is 0 Å². The average Bonchev–Trinajstić information content (AvgIpc) is 2.84. The number of hydrogen-bond donors (Lipinski definition) is 1. The van der Waals surface area contributed by atoms with Crippen LogP contribution < -0.4 is 5.32 Å². The van der Waals surface area contributed by atoms with Crippen LogP contribution in [0.2, 0.25) is 0 Å². The van der Waals surface area contributed by atoms with E-state index in [0.717, 1.165) is 30.2 Å². The van der Waals surface area contributed by atoms with Crippen LogP contribution in [0.4, 0.5) is 0 Å². The fourth-order valence-corrected chi connectivity index (χ4v) is 2.97. The molecule has 1 unspecified atom stereocenters. The van der Waals surface area contributed by atoms with E-state index in [-0.39, 0.29) is 0 Å². The highest BCUT2D eigenvalue weighted by Crippen LogP contribution is 2.20. The fourth-order valence-electron chi connectivity index (χ4n) is 2.04. The van der Waals surface area contributed by atoms with E-state index in [9.17, 15) is 0 Å². The first-order valence-corrected chi connectivity index (χ1v) is 7.15. The molecule has 4 nitrogen and oxygen atoms in total. The van der Waals surface area contributed by atoms with Gasteiger partial charge in [0, 0.05) is 37.4 Å². The maximum atomic E-state index is 5.09. The summed E-state index contributed by atoms with van der Waals surface area (Å²) in [5.74, 6) is 0. The van der Waals surface area contributed by atoms with Crippen molar-refractivity contribution in [1.82, 2.24) is 14.7 Å². The van der Waals surface area contributed by atoms with Crippen molar-refractivity contribution in [1.29, 1.82) is 0 Å². The molecule has 0 aromatic carbocycles.